The van der Waals surface area contributed by atoms with Crippen molar-refractivity contribution in [2.75, 3.05) is 13.2 Å². The second-order valence-electron chi connectivity index (χ2n) is 12.8. The molecule has 13 nitrogen and oxygen atoms in total. The van der Waals surface area contributed by atoms with Crippen molar-refractivity contribution in [3.8, 4) is 0 Å². The summed E-state index contributed by atoms with van der Waals surface area (Å²) < 4.78 is 35.2. The number of carbonyl (C=O) groups excluding carboxylic acids is 5. The van der Waals surface area contributed by atoms with E-state index in [4.69, 9.17) is 28.4 Å². The third kappa shape index (κ3) is 5.89. The first-order valence-electron chi connectivity index (χ1n) is 14.8. The Labute approximate surface area is 255 Å². The molecule has 10 atom stereocenters. The molecule has 2 aliphatic carbocycles. The zero-order chi connectivity index (χ0) is 32.8. The van der Waals surface area contributed by atoms with Crippen molar-refractivity contribution in [3.05, 3.63) is 23.8 Å². The normalized spacial score (nSPS) is 41.3. The number of carbonyl (C=O) groups is 5. The van der Waals surface area contributed by atoms with Gasteiger partial charge in [-0.05, 0) is 30.6 Å². The molecule has 0 aromatic carbocycles. The van der Waals surface area contributed by atoms with Gasteiger partial charge in [-0.1, -0.05) is 26.8 Å². The van der Waals surface area contributed by atoms with Gasteiger partial charge in [-0.15, -0.1) is 0 Å². The van der Waals surface area contributed by atoms with Gasteiger partial charge in [0.1, 0.15) is 30.0 Å². The Hall–Kier alpha value is -3.29. The minimum absolute atomic E-state index is 0.0200. The Bertz CT molecular complexity index is 1250. The zero-order valence-electron chi connectivity index (χ0n) is 26.1. The van der Waals surface area contributed by atoms with Gasteiger partial charge < -0.3 is 38.6 Å². The third-order valence-corrected chi connectivity index (χ3v) is 9.23. The van der Waals surface area contributed by atoms with Gasteiger partial charge in [0, 0.05) is 39.5 Å². The van der Waals surface area contributed by atoms with Crippen molar-refractivity contribution in [1.29, 1.82) is 0 Å². The first-order chi connectivity index (χ1) is 20.5. The molecule has 4 aliphatic rings. The molecule has 0 radical (unpaired) electrons. The predicted octanol–water partition coefficient (Wildman–Crippen LogP) is 1.32. The van der Waals surface area contributed by atoms with Crippen LogP contribution in [0.2, 0.25) is 0 Å². The number of epoxide rings is 1. The molecule has 2 aliphatic heterocycles. The quantitative estimate of drug-likeness (QED) is 0.236. The van der Waals surface area contributed by atoms with Gasteiger partial charge in [-0.3, -0.25) is 24.0 Å². The SMILES string of the molecule is CC(=O)O[C@@H]1C[C@H](OC(=O)CC(C)C)[C@]2(C)[C@H](OC(C)=O)/C=C\C(CO)=C/[C@@H]3OC(=O)[C@H](C)[C@@]3(O)[C@@H](OC(C)=O)[C@H]2[C@@]12CO2. The lowest BCUT2D eigenvalue weighted by Crippen LogP contribution is -2.71. The van der Waals surface area contributed by atoms with E-state index in [-0.39, 0.29) is 30.9 Å². The molecule has 1 saturated carbocycles. The maximum Gasteiger partial charge on any atom is 0.312 e. The number of ether oxygens (including phenoxy) is 6. The van der Waals surface area contributed by atoms with Crippen LogP contribution in [0.1, 0.15) is 61.3 Å². The van der Waals surface area contributed by atoms with Crippen molar-refractivity contribution >= 4 is 29.8 Å². The van der Waals surface area contributed by atoms with Gasteiger partial charge in [-0.25, -0.2) is 0 Å². The summed E-state index contributed by atoms with van der Waals surface area (Å²) in [4.78, 5) is 64.0. The van der Waals surface area contributed by atoms with Gasteiger partial charge in [0.05, 0.1) is 24.5 Å². The molecular formula is C31H42O13. The second kappa shape index (κ2) is 12.2. The third-order valence-electron chi connectivity index (χ3n) is 9.23. The van der Waals surface area contributed by atoms with Crippen molar-refractivity contribution in [2.45, 2.75) is 103 Å². The summed E-state index contributed by atoms with van der Waals surface area (Å²) in [5.74, 6) is -6.08. The molecule has 2 N–H and O–H groups in total. The zero-order valence-corrected chi connectivity index (χ0v) is 26.1. The molecular weight excluding hydrogens is 580 g/mol. The van der Waals surface area contributed by atoms with Crippen LogP contribution in [-0.4, -0.2) is 95.0 Å². The molecule has 0 aromatic rings. The number of fused-ring (bicyclic) bond motifs is 3. The van der Waals surface area contributed by atoms with E-state index >= 15 is 0 Å². The Balaban J connectivity index is 2.07. The molecule has 0 amide bonds. The minimum atomic E-state index is -2.26. The number of aliphatic hydroxyl groups is 2. The molecule has 3 fully saturated rings. The van der Waals surface area contributed by atoms with Gasteiger partial charge in [0.25, 0.3) is 0 Å². The fourth-order valence-electron chi connectivity index (χ4n) is 7.09. The number of esters is 5. The van der Waals surface area contributed by atoms with Gasteiger partial charge in [-0.2, -0.15) is 0 Å². The summed E-state index contributed by atoms with van der Waals surface area (Å²) in [5, 5.41) is 22.8. The van der Waals surface area contributed by atoms with E-state index < -0.39 is 95.4 Å². The molecule has 13 heteroatoms. The summed E-state index contributed by atoms with van der Waals surface area (Å²) >= 11 is 0. The molecule has 0 bridgehead atoms. The monoisotopic (exact) mass is 622 g/mol. The molecule has 0 unspecified atom stereocenters. The summed E-state index contributed by atoms with van der Waals surface area (Å²) in [6.45, 7) is 9.70. The van der Waals surface area contributed by atoms with E-state index in [0.29, 0.717) is 0 Å². The molecule has 4 rings (SSSR count). The summed E-state index contributed by atoms with van der Waals surface area (Å²) in [6, 6.07) is 0. The van der Waals surface area contributed by atoms with E-state index in [2.05, 4.69) is 0 Å². The van der Waals surface area contributed by atoms with Crippen LogP contribution in [0.25, 0.3) is 0 Å². The van der Waals surface area contributed by atoms with E-state index in [9.17, 15) is 34.2 Å². The summed E-state index contributed by atoms with van der Waals surface area (Å²) in [6.07, 6.45) is -2.17. The number of hydrogen-bond donors (Lipinski definition) is 2. The Morgan fingerprint density at radius 3 is 2.16 bits per heavy atom. The fraction of sp³-hybridized carbons (Fsp3) is 0.710. The topological polar surface area (TPSA) is 184 Å². The highest BCUT2D eigenvalue weighted by atomic mass is 16.6. The number of rotatable bonds is 7. The predicted molar refractivity (Wildman–Crippen MR) is 149 cm³/mol. The molecule has 2 heterocycles. The summed E-state index contributed by atoms with van der Waals surface area (Å²) in [5.41, 5.74) is -5.01. The van der Waals surface area contributed by atoms with Crippen LogP contribution in [0.5, 0.6) is 0 Å². The van der Waals surface area contributed by atoms with Crippen LogP contribution in [0, 0.1) is 23.2 Å². The highest BCUT2D eigenvalue weighted by Crippen LogP contribution is 2.62. The maximum absolute atomic E-state index is 13.2. The second-order valence-corrected chi connectivity index (χ2v) is 12.8. The molecule has 44 heavy (non-hydrogen) atoms. The Morgan fingerprint density at radius 2 is 1.64 bits per heavy atom. The van der Waals surface area contributed by atoms with Crippen molar-refractivity contribution in [2.24, 2.45) is 23.2 Å². The largest absolute Gasteiger partial charge is 0.461 e. The van der Waals surface area contributed by atoms with Crippen LogP contribution >= 0.6 is 0 Å². The number of hydrogen-bond acceptors (Lipinski definition) is 13. The average molecular weight is 623 g/mol. The average Bonchev–Trinajstić information content (AvgIpc) is 3.66. The maximum atomic E-state index is 13.2. The van der Waals surface area contributed by atoms with E-state index in [0.717, 1.165) is 6.92 Å². The smallest absolute Gasteiger partial charge is 0.312 e. The highest BCUT2D eigenvalue weighted by Gasteiger charge is 2.78. The Morgan fingerprint density at radius 1 is 1.02 bits per heavy atom. The summed E-state index contributed by atoms with van der Waals surface area (Å²) in [7, 11) is 0. The first kappa shape index (κ1) is 33.6. The molecule has 1 spiro atoms. The van der Waals surface area contributed by atoms with Crippen LogP contribution < -0.4 is 0 Å². The highest BCUT2D eigenvalue weighted by molar-refractivity contribution is 5.78. The number of aliphatic hydroxyl groups excluding tert-OH is 1. The molecule has 2 saturated heterocycles. The Kier molecular flexibility index (Phi) is 9.35. The van der Waals surface area contributed by atoms with E-state index in [1.165, 1.54) is 39.0 Å². The van der Waals surface area contributed by atoms with Crippen LogP contribution in [-0.2, 0) is 52.4 Å². The van der Waals surface area contributed by atoms with E-state index in [1.807, 2.05) is 13.8 Å². The van der Waals surface area contributed by atoms with Gasteiger partial charge in [0.15, 0.2) is 11.7 Å². The standard InChI is InChI=1S/C31H42O13/c1-15(2)10-25(36)43-22-12-23(41-18(5)34)30(14-39-30)26-27(42-19(6)35)31(38)16(3)28(37)44-24(31)11-20(13-32)8-9-21(29(22,26)7)40-17(4)33/h8-9,11,15-16,21-24,26-27,32,38H,10,12-14H2,1-7H3/b9-8-,20-11+/t16-,21+,22-,23+,24-,26+,27-,29-,30+,31-/m0/s1. The van der Waals surface area contributed by atoms with Crippen molar-refractivity contribution in [3.63, 3.8) is 0 Å². The van der Waals surface area contributed by atoms with E-state index in [1.54, 1.807) is 6.92 Å². The fourth-order valence-corrected chi connectivity index (χ4v) is 7.09. The van der Waals surface area contributed by atoms with Crippen LogP contribution in [0.15, 0.2) is 23.8 Å². The van der Waals surface area contributed by atoms with Crippen LogP contribution in [0.3, 0.4) is 0 Å². The van der Waals surface area contributed by atoms with Gasteiger partial charge in [0.2, 0.25) is 0 Å². The minimum Gasteiger partial charge on any atom is -0.461 e. The molecule has 244 valence electrons. The van der Waals surface area contributed by atoms with Crippen molar-refractivity contribution < 1.29 is 62.6 Å². The van der Waals surface area contributed by atoms with Crippen LogP contribution in [0.4, 0.5) is 0 Å². The lowest BCUT2D eigenvalue weighted by molar-refractivity contribution is -0.252. The first-order valence-corrected chi connectivity index (χ1v) is 14.8. The lowest BCUT2D eigenvalue weighted by atomic mass is 9.52. The molecule has 0 aromatic heterocycles. The van der Waals surface area contributed by atoms with Gasteiger partial charge >= 0.3 is 29.8 Å². The lowest BCUT2D eigenvalue weighted by Gasteiger charge is -2.57. The van der Waals surface area contributed by atoms with Crippen molar-refractivity contribution in [1.82, 2.24) is 0 Å².